The number of nitrogens with one attached hydrogen (secondary N) is 2. The minimum atomic E-state index is 0. The molecule has 30 heavy (non-hydrogen) atoms. The van der Waals surface area contributed by atoms with Crippen molar-refractivity contribution < 1.29 is 0 Å². The van der Waals surface area contributed by atoms with E-state index in [-0.39, 0.29) is 24.0 Å². The summed E-state index contributed by atoms with van der Waals surface area (Å²) < 4.78 is 0. The molecule has 0 bridgehead atoms. The zero-order chi connectivity index (χ0) is 20.3. The molecule has 0 amide bonds. The molecule has 6 nitrogen and oxygen atoms in total. The Morgan fingerprint density at radius 3 is 2.43 bits per heavy atom. The third kappa shape index (κ3) is 7.75. The van der Waals surface area contributed by atoms with Crippen molar-refractivity contribution in [3.63, 3.8) is 0 Å². The number of rotatable bonds is 8. The molecule has 0 saturated carbocycles. The Bertz CT molecular complexity index is 732. The van der Waals surface area contributed by atoms with E-state index >= 15 is 0 Å². The van der Waals surface area contributed by atoms with Crippen molar-refractivity contribution in [2.75, 3.05) is 50.7 Å². The maximum Gasteiger partial charge on any atom is 0.191 e. The number of para-hydroxylation sites is 1. The quantitative estimate of drug-likeness (QED) is 0.317. The van der Waals surface area contributed by atoms with Crippen LogP contribution >= 0.6 is 24.0 Å². The topological polar surface area (TPSA) is 55.8 Å². The SMILES string of the molecule is CCNC(=NCC(C)N1CCN(c2ccccc2)CC1)NCCc1ccccn1.I. The van der Waals surface area contributed by atoms with E-state index in [1.165, 1.54) is 5.69 Å². The molecule has 1 atom stereocenters. The molecule has 0 aliphatic carbocycles. The molecule has 1 aromatic heterocycles. The number of pyridine rings is 1. The highest BCUT2D eigenvalue weighted by Gasteiger charge is 2.21. The van der Waals surface area contributed by atoms with E-state index in [0.29, 0.717) is 6.04 Å². The number of aromatic nitrogens is 1. The summed E-state index contributed by atoms with van der Waals surface area (Å²) in [4.78, 5) is 14.2. The third-order valence-corrected chi connectivity index (χ3v) is 5.32. The van der Waals surface area contributed by atoms with Crippen LogP contribution in [0.5, 0.6) is 0 Å². The molecule has 2 aromatic rings. The van der Waals surface area contributed by atoms with Crippen LogP contribution in [0.25, 0.3) is 0 Å². The van der Waals surface area contributed by atoms with E-state index in [1.54, 1.807) is 0 Å². The van der Waals surface area contributed by atoms with Gasteiger partial charge in [0, 0.05) is 69.3 Å². The van der Waals surface area contributed by atoms with Gasteiger partial charge in [0.05, 0.1) is 6.54 Å². The van der Waals surface area contributed by atoms with Gasteiger partial charge < -0.3 is 15.5 Å². The molecule has 1 saturated heterocycles. The van der Waals surface area contributed by atoms with Gasteiger partial charge in [-0.05, 0) is 38.1 Å². The van der Waals surface area contributed by atoms with Crippen molar-refractivity contribution in [2.45, 2.75) is 26.3 Å². The summed E-state index contributed by atoms with van der Waals surface area (Å²) in [5.41, 5.74) is 2.42. The van der Waals surface area contributed by atoms with E-state index < -0.39 is 0 Å². The zero-order valence-corrected chi connectivity index (χ0v) is 20.5. The van der Waals surface area contributed by atoms with Crippen LogP contribution in [0.3, 0.4) is 0 Å². The maximum absolute atomic E-state index is 4.82. The molecule has 1 aromatic carbocycles. The Hall–Kier alpha value is -1.87. The second-order valence-electron chi connectivity index (χ2n) is 7.43. The number of guanidine groups is 1. The molecular formula is C23H35IN6. The summed E-state index contributed by atoms with van der Waals surface area (Å²) >= 11 is 0. The van der Waals surface area contributed by atoms with Gasteiger partial charge in [0.25, 0.3) is 0 Å². The number of halogens is 1. The standard InChI is InChI=1S/C23H34N6.HI/c1-3-24-23(26-14-12-21-9-7-8-13-25-21)27-19-20(2)28-15-17-29(18-16-28)22-10-5-4-6-11-22;/h4-11,13,20H,3,12,14-19H2,1-2H3,(H2,24,26,27);1H. The lowest BCUT2D eigenvalue weighted by Gasteiger charge is -2.38. The molecule has 3 rings (SSSR count). The van der Waals surface area contributed by atoms with E-state index in [1.807, 2.05) is 18.3 Å². The van der Waals surface area contributed by atoms with Crippen LogP contribution in [0, 0.1) is 0 Å². The van der Waals surface area contributed by atoms with Crippen LogP contribution in [0.4, 0.5) is 5.69 Å². The average Bonchev–Trinajstić information content (AvgIpc) is 2.78. The molecule has 2 N–H and O–H groups in total. The van der Waals surface area contributed by atoms with E-state index in [9.17, 15) is 0 Å². The number of hydrogen-bond donors (Lipinski definition) is 2. The number of anilines is 1. The van der Waals surface area contributed by atoms with Gasteiger partial charge in [-0.25, -0.2) is 0 Å². The Labute approximate surface area is 198 Å². The first-order valence-corrected chi connectivity index (χ1v) is 10.7. The van der Waals surface area contributed by atoms with Crippen molar-refractivity contribution >= 4 is 35.6 Å². The van der Waals surface area contributed by atoms with Crippen LogP contribution in [0.1, 0.15) is 19.5 Å². The van der Waals surface area contributed by atoms with Gasteiger partial charge in [-0.15, -0.1) is 24.0 Å². The summed E-state index contributed by atoms with van der Waals surface area (Å²) in [6.07, 6.45) is 2.73. The molecule has 1 aliphatic heterocycles. The smallest absolute Gasteiger partial charge is 0.191 e. The number of nitrogens with zero attached hydrogens (tertiary/aromatic N) is 4. The van der Waals surface area contributed by atoms with Crippen LogP contribution in [-0.2, 0) is 6.42 Å². The summed E-state index contributed by atoms with van der Waals surface area (Å²) in [6, 6.07) is 17.2. The summed E-state index contributed by atoms with van der Waals surface area (Å²) in [7, 11) is 0. The van der Waals surface area contributed by atoms with Crippen molar-refractivity contribution in [2.24, 2.45) is 4.99 Å². The predicted octanol–water partition coefficient (Wildman–Crippen LogP) is 3.01. The van der Waals surface area contributed by atoms with Gasteiger partial charge in [0.2, 0.25) is 0 Å². The normalized spacial score (nSPS) is 15.9. The van der Waals surface area contributed by atoms with E-state index in [4.69, 9.17) is 4.99 Å². The monoisotopic (exact) mass is 522 g/mol. The van der Waals surface area contributed by atoms with E-state index in [2.05, 4.69) is 75.7 Å². The Kier molecular flexibility index (Phi) is 10.9. The molecule has 164 valence electrons. The second kappa shape index (κ2) is 13.4. The highest BCUT2D eigenvalue weighted by Crippen LogP contribution is 2.16. The molecule has 1 aliphatic rings. The molecule has 0 radical (unpaired) electrons. The molecule has 0 spiro atoms. The van der Waals surface area contributed by atoms with Gasteiger partial charge >= 0.3 is 0 Å². The fraction of sp³-hybridized carbons (Fsp3) is 0.478. The summed E-state index contributed by atoms with van der Waals surface area (Å²) in [5, 5.41) is 6.78. The average molecular weight is 522 g/mol. The van der Waals surface area contributed by atoms with Gasteiger partial charge in [-0.3, -0.25) is 14.9 Å². The van der Waals surface area contributed by atoms with Crippen molar-refractivity contribution in [1.82, 2.24) is 20.5 Å². The highest BCUT2D eigenvalue weighted by atomic mass is 127. The summed E-state index contributed by atoms with van der Waals surface area (Å²) in [5.74, 6) is 0.887. The van der Waals surface area contributed by atoms with Gasteiger partial charge in [-0.2, -0.15) is 0 Å². The van der Waals surface area contributed by atoms with Gasteiger partial charge in [-0.1, -0.05) is 24.3 Å². The molecule has 2 heterocycles. The number of piperazine rings is 1. The van der Waals surface area contributed by atoms with Gasteiger partial charge in [0.1, 0.15) is 0 Å². The maximum atomic E-state index is 4.82. The van der Waals surface area contributed by atoms with E-state index in [0.717, 1.165) is 63.9 Å². The highest BCUT2D eigenvalue weighted by molar-refractivity contribution is 14.0. The molecular weight excluding hydrogens is 487 g/mol. The number of benzene rings is 1. The van der Waals surface area contributed by atoms with Crippen LogP contribution in [0.2, 0.25) is 0 Å². The largest absolute Gasteiger partial charge is 0.369 e. The Morgan fingerprint density at radius 1 is 1.03 bits per heavy atom. The second-order valence-corrected chi connectivity index (χ2v) is 7.43. The van der Waals surface area contributed by atoms with Crippen LogP contribution < -0.4 is 15.5 Å². The first-order valence-electron chi connectivity index (χ1n) is 10.7. The van der Waals surface area contributed by atoms with Crippen LogP contribution in [0.15, 0.2) is 59.7 Å². The molecule has 1 fully saturated rings. The molecule has 1 unspecified atom stereocenters. The summed E-state index contributed by atoms with van der Waals surface area (Å²) in [6.45, 7) is 11.2. The van der Waals surface area contributed by atoms with Crippen molar-refractivity contribution in [3.8, 4) is 0 Å². The lowest BCUT2D eigenvalue weighted by Crippen LogP contribution is -2.50. The third-order valence-electron chi connectivity index (χ3n) is 5.32. The number of aliphatic imine (C=N–C) groups is 1. The Morgan fingerprint density at radius 2 is 1.77 bits per heavy atom. The lowest BCUT2D eigenvalue weighted by atomic mass is 10.2. The zero-order valence-electron chi connectivity index (χ0n) is 18.1. The lowest BCUT2D eigenvalue weighted by molar-refractivity contribution is 0.201. The fourth-order valence-corrected chi connectivity index (χ4v) is 3.60. The molecule has 7 heteroatoms. The minimum Gasteiger partial charge on any atom is -0.369 e. The van der Waals surface area contributed by atoms with Gasteiger partial charge in [0.15, 0.2) is 5.96 Å². The Balaban J connectivity index is 0.00000320. The minimum absolute atomic E-state index is 0. The predicted molar refractivity (Wildman–Crippen MR) is 137 cm³/mol. The van der Waals surface area contributed by atoms with Crippen molar-refractivity contribution in [1.29, 1.82) is 0 Å². The van der Waals surface area contributed by atoms with Crippen LogP contribution in [-0.4, -0.2) is 67.7 Å². The first-order chi connectivity index (χ1) is 14.3. The fourth-order valence-electron chi connectivity index (χ4n) is 3.60. The first kappa shape index (κ1) is 24.4. The number of hydrogen-bond acceptors (Lipinski definition) is 4. The van der Waals surface area contributed by atoms with Crippen molar-refractivity contribution in [3.05, 3.63) is 60.4 Å².